The van der Waals surface area contributed by atoms with Crippen molar-refractivity contribution >= 4 is 11.4 Å². The highest BCUT2D eigenvalue weighted by molar-refractivity contribution is 5.48. The predicted octanol–water partition coefficient (Wildman–Crippen LogP) is 4.37. The van der Waals surface area contributed by atoms with Crippen LogP contribution in [0.5, 0.6) is 0 Å². The monoisotopic (exact) mass is 408 g/mol. The van der Waals surface area contributed by atoms with Gasteiger partial charge in [0.05, 0.1) is 12.1 Å². The van der Waals surface area contributed by atoms with Crippen LogP contribution in [0.25, 0.3) is 0 Å². The Bertz CT molecular complexity index is 823. The first-order chi connectivity index (χ1) is 14.5. The van der Waals surface area contributed by atoms with Crippen molar-refractivity contribution in [2.24, 2.45) is 0 Å². The largest absolute Gasteiger partial charge is 0.762 e. The Labute approximate surface area is 175 Å². The van der Waals surface area contributed by atoms with Crippen molar-refractivity contribution < 1.29 is 10.4 Å². The SMILES string of the molecule is [O-]N(O)C[C@H](Nc1ccccc1)c1cccc([C@H](CN([O-])O)Nc2ccccc2)c1. The molecule has 3 rings (SSSR count). The van der Waals surface area contributed by atoms with E-state index in [1.54, 1.807) is 0 Å². The van der Waals surface area contributed by atoms with Crippen LogP contribution in [0.1, 0.15) is 23.2 Å². The minimum Gasteiger partial charge on any atom is -0.762 e. The molecule has 0 aliphatic carbocycles. The average Bonchev–Trinajstić information content (AvgIpc) is 2.74. The lowest BCUT2D eigenvalue weighted by Crippen LogP contribution is -2.27. The number of benzene rings is 3. The Hall–Kier alpha value is -2.98. The zero-order valence-corrected chi connectivity index (χ0v) is 16.3. The number of hydrogen-bond donors (Lipinski definition) is 4. The predicted molar refractivity (Wildman–Crippen MR) is 116 cm³/mol. The average molecular weight is 408 g/mol. The van der Waals surface area contributed by atoms with Crippen LogP contribution in [0.15, 0.2) is 84.9 Å². The minimum absolute atomic E-state index is 0.111. The van der Waals surface area contributed by atoms with Gasteiger partial charge in [0.25, 0.3) is 0 Å². The molecule has 158 valence electrons. The van der Waals surface area contributed by atoms with Crippen molar-refractivity contribution in [2.75, 3.05) is 23.7 Å². The molecule has 0 unspecified atom stereocenters. The highest BCUT2D eigenvalue weighted by Crippen LogP contribution is 2.26. The summed E-state index contributed by atoms with van der Waals surface area (Å²) < 4.78 is 0. The minimum atomic E-state index is -0.496. The summed E-state index contributed by atoms with van der Waals surface area (Å²) in [6, 6.07) is 25.0. The van der Waals surface area contributed by atoms with Crippen LogP contribution in [-0.4, -0.2) is 34.0 Å². The molecule has 0 spiro atoms. The van der Waals surface area contributed by atoms with Crippen molar-refractivity contribution in [1.82, 2.24) is 10.5 Å². The van der Waals surface area contributed by atoms with Crippen molar-refractivity contribution in [1.29, 1.82) is 0 Å². The van der Waals surface area contributed by atoms with E-state index in [0.29, 0.717) is 0 Å². The van der Waals surface area contributed by atoms with Crippen molar-refractivity contribution in [3.05, 3.63) is 106 Å². The van der Waals surface area contributed by atoms with Gasteiger partial charge in [-0.25, -0.2) is 0 Å². The first kappa shape index (κ1) is 21.7. The second-order valence-electron chi connectivity index (χ2n) is 6.87. The molecular formula is C22H24N4O4-2. The molecule has 0 fully saturated rings. The van der Waals surface area contributed by atoms with E-state index in [1.807, 2.05) is 84.9 Å². The number of para-hydroxylation sites is 2. The molecule has 0 saturated carbocycles. The summed E-state index contributed by atoms with van der Waals surface area (Å²) >= 11 is 0. The van der Waals surface area contributed by atoms with Gasteiger partial charge in [-0.1, -0.05) is 60.7 Å². The molecule has 0 amide bonds. The second-order valence-corrected chi connectivity index (χ2v) is 6.87. The summed E-state index contributed by atoms with van der Waals surface area (Å²) in [6.45, 7) is -0.383. The summed E-state index contributed by atoms with van der Waals surface area (Å²) in [5, 5.41) is 47.6. The maximum Gasteiger partial charge on any atom is 0.0653 e. The van der Waals surface area contributed by atoms with Crippen LogP contribution in [0, 0.1) is 10.4 Å². The molecule has 3 aromatic carbocycles. The van der Waals surface area contributed by atoms with Crippen LogP contribution in [0.2, 0.25) is 0 Å². The van der Waals surface area contributed by atoms with Gasteiger partial charge in [-0.15, -0.1) is 0 Å². The quantitative estimate of drug-likeness (QED) is 0.365. The molecule has 0 aliphatic heterocycles. The van der Waals surface area contributed by atoms with E-state index >= 15 is 0 Å². The van der Waals surface area contributed by atoms with Gasteiger partial charge in [0, 0.05) is 24.5 Å². The fourth-order valence-corrected chi connectivity index (χ4v) is 3.24. The lowest BCUT2D eigenvalue weighted by atomic mass is 9.99. The van der Waals surface area contributed by atoms with Crippen molar-refractivity contribution in [3.63, 3.8) is 0 Å². The Morgan fingerprint density at radius 2 is 1.03 bits per heavy atom. The summed E-state index contributed by atoms with van der Waals surface area (Å²) in [7, 11) is 0. The van der Waals surface area contributed by atoms with Crippen molar-refractivity contribution in [3.8, 4) is 0 Å². The first-order valence-electron chi connectivity index (χ1n) is 9.51. The van der Waals surface area contributed by atoms with E-state index < -0.39 is 12.1 Å². The molecule has 4 N–H and O–H groups in total. The van der Waals surface area contributed by atoms with E-state index in [2.05, 4.69) is 10.6 Å². The third kappa shape index (κ3) is 6.53. The molecule has 0 aliphatic rings. The molecule has 3 aromatic rings. The molecule has 8 nitrogen and oxygen atoms in total. The lowest BCUT2D eigenvalue weighted by molar-refractivity contribution is -0.0436. The summed E-state index contributed by atoms with van der Waals surface area (Å²) in [5.41, 5.74) is 3.10. The highest BCUT2D eigenvalue weighted by atomic mass is 16.8. The number of hydrogen-bond acceptors (Lipinski definition) is 8. The van der Waals surface area contributed by atoms with Gasteiger partial charge < -0.3 is 31.5 Å². The number of nitrogens with one attached hydrogen (secondary N) is 2. The normalized spacial score (nSPS) is 13.3. The van der Waals surface area contributed by atoms with E-state index in [-0.39, 0.29) is 23.5 Å². The Balaban J connectivity index is 1.87. The topological polar surface area (TPSA) is 117 Å². The molecule has 0 radical (unpaired) electrons. The van der Waals surface area contributed by atoms with Gasteiger partial charge in [0.1, 0.15) is 0 Å². The van der Waals surface area contributed by atoms with Gasteiger partial charge in [-0.3, -0.25) is 10.5 Å². The van der Waals surface area contributed by atoms with Crippen LogP contribution >= 0.6 is 0 Å². The van der Waals surface area contributed by atoms with Gasteiger partial charge in [0.2, 0.25) is 0 Å². The summed E-state index contributed by atoms with van der Waals surface area (Å²) in [6.07, 6.45) is 0. The fraction of sp³-hybridized carbons (Fsp3) is 0.182. The molecule has 2 atom stereocenters. The van der Waals surface area contributed by atoms with E-state index in [4.69, 9.17) is 0 Å². The highest BCUT2D eigenvalue weighted by Gasteiger charge is 2.17. The van der Waals surface area contributed by atoms with Gasteiger partial charge in [-0.2, -0.15) is 0 Å². The van der Waals surface area contributed by atoms with E-state index in [9.17, 15) is 20.8 Å². The van der Waals surface area contributed by atoms with E-state index in [0.717, 1.165) is 22.5 Å². The molecular weight excluding hydrogens is 384 g/mol. The molecule has 0 aromatic heterocycles. The smallest absolute Gasteiger partial charge is 0.0653 e. The van der Waals surface area contributed by atoms with Crippen LogP contribution < -0.4 is 10.6 Å². The standard InChI is InChI=1S/C22H24N4O4/c27-25(28)15-21(23-19-10-3-1-4-11-19)17-8-7-9-18(14-17)22(16-26(29)30)24-20-12-5-2-6-13-20/h1-14,21-24,27,29H,15-16H2/q-2/t21-,22-/m0/s1. The third-order valence-corrected chi connectivity index (χ3v) is 4.62. The Morgan fingerprint density at radius 1 is 0.633 bits per heavy atom. The van der Waals surface area contributed by atoms with Crippen LogP contribution in [-0.2, 0) is 0 Å². The maximum absolute atomic E-state index is 11.4. The number of nitrogens with zero attached hydrogens (tertiary/aromatic N) is 2. The van der Waals surface area contributed by atoms with Gasteiger partial charge in [0.15, 0.2) is 0 Å². The second kappa shape index (κ2) is 10.7. The molecule has 0 bridgehead atoms. The molecule has 0 heterocycles. The van der Waals surface area contributed by atoms with Gasteiger partial charge >= 0.3 is 0 Å². The zero-order valence-electron chi connectivity index (χ0n) is 16.3. The molecule has 30 heavy (non-hydrogen) atoms. The number of hydroxylamine groups is 4. The maximum atomic E-state index is 11.4. The fourth-order valence-electron chi connectivity index (χ4n) is 3.24. The van der Waals surface area contributed by atoms with Crippen LogP contribution in [0.4, 0.5) is 11.4 Å². The van der Waals surface area contributed by atoms with Crippen LogP contribution in [0.3, 0.4) is 0 Å². The van der Waals surface area contributed by atoms with Crippen molar-refractivity contribution in [2.45, 2.75) is 12.1 Å². The Morgan fingerprint density at radius 3 is 1.40 bits per heavy atom. The number of anilines is 2. The number of rotatable bonds is 10. The van der Waals surface area contributed by atoms with E-state index in [1.165, 1.54) is 0 Å². The third-order valence-electron chi connectivity index (χ3n) is 4.62. The summed E-state index contributed by atoms with van der Waals surface area (Å²) in [5.74, 6) is 0. The molecule has 0 saturated heterocycles. The summed E-state index contributed by atoms with van der Waals surface area (Å²) in [4.78, 5) is 0. The van der Waals surface area contributed by atoms with Gasteiger partial charge in [-0.05, 0) is 35.4 Å². The lowest BCUT2D eigenvalue weighted by Gasteiger charge is -2.30. The molecule has 8 heteroatoms. The Kier molecular flexibility index (Phi) is 7.75. The zero-order chi connectivity index (χ0) is 21.3. The first-order valence-corrected chi connectivity index (χ1v) is 9.51.